The summed E-state index contributed by atoms with van der Waals surface area (Å²) in [7, 11) is -10.9. The summed E-state index contributed by atoms with van der Waals surface area (Å²) in [4.78, 5) is 0. The summed E-state index contributed by atoms with van der Waals surface area (Å²) in [6.45, 7) is 45.9. The van der Waals surface area contributed by atoms with E-state index >= 15 is 0 Å². The minimum absolute atomic E-state index is 0. The second kappa shape index (κ2) is 49.5. The Morgan fingerprint density at radius 2 is 0.277 bits per heavy atom. The fraction of sp³-hybridized carbons (Fsp3) is 0.500. The number of hydrogen-bond donors (Lipinski definition) is 0. The average Bonchev–Trinajstić information content (AvgIpc) is 0.726. The van der Waals surface area contributed by atoms with E-state index in [1.165, 1.54) is 0 Å². The molecule has 508 valence electrons. The molecule has 0 radical (unpaired) electrons. The number of hydrogen-bond acceptors (Lipinski definition) is 12. The van der Waals surface area contributed by atoms with Gasteiger partial charge in [0.25, 0.3) is 0 Å². The van der Waals surface area contributed by atoms with Crippen molar-refractivity contribution in [2.24, 2.45) is 0 Å². The van der Waals surface area contributed by atoms with Crippen LogP contribution in [0.15, 0.2) is 182 Å². The van der Waals surface area contributed by atoms with Crippen LogP contribution < -0.4 is 134 Å². The van der Waals surface area contributed by atoms with E-state index in [0.29, 0.717) is 159 Å². The quantitative estimate of drug-likeness (QED) is 0.133. The first kappa shape index (κ1) is 88.1. The number of ether oxygens (including phenoxy) is 12. The molecular weight excluding hydrogens is 1360 g/mol. The molecule has 0 spiro atoms. The third-order valence-corrected chi connectivity index (χ3v) is 125. The van der Waals surface area contributed by atoms with Gasteiger partial charge in [0.15, 0.2) is 0 Å². The van der Waals surface area contributed by atoms with Crippen molar-refractivity contribution in [3.05, 3.63) is 182 Å². The summed E-state index contributed by atoms with van der Waals surface area (Å²) in [5.41, 5.74) is 0. The fourth-order valence-corrected chi connectivity index (χ4v) is 162. The van der Waals surface area contributed by atoms with Crippen LogP contribution in [0.25, 0.3) is 0 Å². The van der Waals surface area contributed by atoms with E-state index in [0.717, 1.165) is 0 Å². The summed E-state index contributed by atoms with van der Waals surface area (Å²) in [5.74, 6) is 0. The molecule has 0 aromatic heterocycles. The van der Waals surface area contributed by atoms with Crippen LogP contribution >= 0.6 is 0 Å². The van der Waals surface area contributed by atoms with Crippen LogP contribution in [0.3, 0.4) is 0 Å². The molecular formula is C72H114K2O12Si8. The molecule has 6 aromatic rings. The van der Waals surface area contributed by atoms with Gasteiger partial charge in [-0.2, -0.15) is 0 Å². The molecule has 0 aliphatic carbocycles. The van der Waals surface area contributed by atoms with Crippen molar-refractivity contribution < 1.29 is 160 Å². The van der Waals surface area contributed by atoms with Gasteiger partial charge in [0, 0.05) is 0 Å². The Morgan fingerprint density at radius 1 is 0.181 bits per heavy atom. The topological polar surface area (TPSA) is 111 Å². The molecule has 22 heteroatoms. The van der Waals surface area contributed by atoms with Crippen LogP contribution in [-0.4, -0.2) is 219 Å². The van der Waals surface area contributed by atoms with Crippen LogP contribution in [0.1, 0.15) is 0 Å². The maximum absolute atomic E-state index is 5.33. The largest absolute Gasteiger partial charge is 1.00 e. The molecule has 0 bridgehead atoms. The van der Waals surface area contributed by atoms with Crippen LogP contribution in [0, 0.1) is 0 Å². The summed E-state index contributed by atoms with van der Waals surface area (Å²) < 4.78 is 63.9. The molecule has 0 unspecified atom stereocenters. The Hall–Kier alpha value is -0.152. The van der Waals surface area contributed by atoms with E-state index < -0.39 is 60.2 Å². The van der Waals surface area contributed by atoms with E-state index in [2.05, 4.69) is 261 Å². The predicted octanol–water partition coefficient (Wildman–Crippen LogP) is 3.33. The predicted molar refractivity (Wildman–Crippen MR) is 403 cm³/mol. The van der Waals surface area contributed by atoms with Gasteiger partial charge in [-0.25, -0.2) is 14.7 Å². The first-order valence-electron chi connectivity index (χ1n) is 33.4. The van der Waals surface area contributed by atoms with Crippen molar-refractivity contribution in [2.75, 3.05) is 159 Å². The van der Waals surface area contributed by atoms with Crippen LogP contribution in [0.4, 0.5) is 0 Å². The van der Waals surface area contributed by atoms with Crippen LogP contribution in [0.5, 0.6) is 0 Å². The molecule has 2 heterocycles. The van der Waals surface area contributed by atoms with Crippen LogP contribution in [0.2, 0.25) is 78.6 Å². The molecule has 2 saturated heterocycles. The molecule has 0 saturated carbocycles. The molecule has 0 amide bonds. The second-order valence-electron chi connectivity index (χ2n) is 26.8. The fourth-order valence-electron chi connectivity index (χ4n) is 13.1. The minimum atomic E-state index is -2.10. The number of benzene rings is 6. The summed E-state index contributed by atoms with van der Waals surface area (Å²) in [5, 5.41) is 9.70. The van der Waals surface area contributed by atoms with Gasteiger partial charge in [0.2, 0.25) is 0 Å². The summed E-state index contributed by atoms with van der Waals surface area (Å²) >= 11 is 0. The first-order valence-corrected chi connectivity index (χ1v) is 60.4. The molecule has 2 aliphatic rings. The normalized spacial score (nSPS) is 16.9. The van der Waals surface area contributed by atoms with Gasteiger partial charge in [-0.15, -0.1) is 30.4 Å². The number of rotatable bonds is 12. The van der Waals surface area contributed by atoms with Gasteiger partial charge in [0.1, 0.15) is 0 Å². The molecule has 94 heavy (non-hydrogen) atoms. The molecule has 0 atom stereocenters. The van der Waals surface area contributed by atoms with Crippen molar-refractivity contribution in [2.45, 2.75) is 78.6 Å². The van der Waals surface area contributed by atoms with Gasteiger partial charge >= 0.3 is 103 Å². The van der Waals surface area contributed by atoms with Gasteiger partial charge in [-0.3, -0.25) is 0 Å². The Morgan fingerprint density at radius 3 is 0.362 bits per heavy atom. The third kappa shape index (κ3) is 31.2. The average molecular weight is 1470 g/mol. The van der Waals surface area contributed by atoms with E-state index in [4.69, 9.17) is 56.8 Å². The minimum Gasteiger partial charge on any atom is -0.377 e. The standard InChI is InChI=1S/2C24H33Si4.2C12H24O6.2K/c2*1-26(2,3)25(27(4,5)6)28(22-16-10-7-11-17-22,23-18-12-8-13-19-23)24-20-14-9-15-21-24;2*1-2-14-5-6-16-9-10-18-12-11-17-8-7-15-4-3-13-1;;/h2*7-21H,1-6H3;2*1-12H2;;/q2*-1;;;2*+1. The van der Waals surface area contributed by atoms with E-state index in [1.54, 1.807) is 31.1 Å². The van der Waals surface area contributed by atoms with Gasteiger partial charge in [0.05, 0.1) is 159 Å². The SMILES string of the molecule is C1COCCOCCOCCOCCOCCO1.C1COCCOCCOCCOCCOCCO1.C[Si](C)(C)[Si-]([Si](C)(C)C)[Si](c1ccccc1)(c1ccccc1)c1ccccc1.C[Si](C)(C)[Si-]([Si](C)(C)C)[Si](c1ccccc1)(c1ccccc1)c1ccccc1.[K+].[K+]. The Balaban J connectivity index is 0.000000332. The molecule has 8 rings (SSSR count). The van der Waals surface area contributed by atoms with Crippen molar-refractivity contribution >= 4 is 91.4 Å². The zero-order valence-electron chi connectivity index (χ0n) is 60.2. The molecule has 6 aromatic carbocycles. The van der Waals surface area contributed by atoms with E-state index in [9.17, 15) is 0 Å². The van der Waals surface area contributed by atoms with E-state index in [-0.39, 0.29) is 103 Å². The zero-order chi connectivity index (χ0) is 66.3. The zero-order valence-corrected chi connectivity index (χ0v) is 74.4. The first-order chi connectivity index (χ1) is 44.4. The second-order valence-corrected chi connectivity index (χ2v) is 93.3. The van der Waals surface area contributed by atoms with Crippen molar-refractivity contribution in [1.82, 2.24) is 0 Å². The van der Waals surface area contributed by atoms with Gasteiger partial charge in [-0.05, 0) is 15.2 Å². The van der Waals surface area contributed by atoms with Crippen molar-refractivity contribution in [3.8, 4) is 0 Å². The Kier molecular flexibility index (Phi) is 46.3. The van der Waals surface area contributed by atoms with Crippen molar-refractivity contribution in [3.63, 3.8) is 0 Å². The maximum Gasteiger partial charge on any atom is 1.00 e. The smallest absolute Gasteiger partial charge is 0.377 e. The molecule has 0 N–H and O–H groups in total. The van der Waals surface area contributed by atoms with Gasteiger partial charge in [-0.1, -0.05) is 292 Å². The summed E-state index contributed by atoms with van der Waals surface area (Å²) in [6, 6.07) is 69.5. The van der Waals surface area contributed by atoms with E-state index in [1.807, 2.05) is 0 Å². The monoisotopic (exact) mass is 1470 g/mol. The third-order valence-electron chi connectivity index (χ3n) is 15.5. The van der Waals surface area contributed by atoms with Gasteiger partial charge < -0.3 is 56.8 Å². The molecule has 12 nitrogen and oxygen atoms in total. The Bertz CT molecular complexity index is 2210. The molecule has 2 aliphatic heterocycles. The summed E-state index contributed by atoms with van der Waals surface area (Å²) in [6.07, 6.45) is 0. The Labute approximate surface area is 661 Å². The van der Waals surface area contributed by atoms with Crippen LogP contribution in [-0.2, 0) is 56.8 Å². The maximum atomic E-state index is 5.33. The molecule has 2 fully saturated rings. The van der Waals surface area contributed by atoms with Crippen molar-refractivity contribution in [1.29, 1.82) is 0 Å².